The second-order valence-corrected chi connectivity index (χ2v) is 7.59. The average Bonchev–Trinajstić information content (AvgIpc) is 2.99. The molecule has 1 fully saturated rings. The van der Waals surface area contributed by atoms with Gasteiger partial charge in [0.15, 0.2) is 0 Å². The van der Waals surface area contributed by atoms with E-state index in [1.54, 1.807) is 12.4 Å². The summed E-state index contributed by atoms with van der Waals surface area (Å²) in [6.45, 7) is 4.58. The standard InChI is InChI=1S/C19H20BrN5O2/c1-12-16(14-4-2-3-5-15(14)23-12)17(18(26)27)24-6-8-25(9-7-24)19-21-10-13(20)11-22-19/h2-5,10-11,17,23H,6-9H2,1H3,(H,26,27). The predicted octanol–water partition coefficient (Wildman–Crippen LogP) is 2.98. The fourth-order valence-corrected chi connectivity index (χ4v) is 3.97. The maximum Gasteiger partial charge on any atom is 0.325 e. The molecule has 1 atom stereocenters. The Balaban J connectivity index is 1.58. The fourth-order valence-electron chi connectivity index (χ4n) is 3.76. The van der Waals surface area contributed by atoms with Crippen LogP contribution in [0.4, 0.5) is 5.95 Å². The third-order valence-electron chi connectivity index (χ3n) is 5.02. The van der Waals surface area contributed by atoms with Gasteiger partial charge in [-0.2, -0.15) is 0 Å². The van der Waals surface area contributed by atoms with Gasteiger partial charge in [0.1, 0.15) is 6.04 Å². The van der Waals surface area contributed by atoms with E-state index in [0.717, 1.165) is 26.6 Å². The number of hydrogen-bond acceptors (Lipinski definition) is 5. The number of carboxylic acids is 1. The number of anilines is 1. The van der Waals surface area contributed by atoms with E-state index in [1.165, 1.54) is 0 Å². The average molecular weight is 430 g/mol. The first-order chi connectivity index (χ1) is 13.0. The first-order valence-electron chi connectivity index (χ1n) is 8.81. The second kappa shape index (κ2) is 7.28. The van der Waals surface area contributed by atoms with Gasteiger partial charge in [0.2, 0.25) is 5.95 Å². The fraction of sp³-hybridized carbons (Fsp3) is 0.316. The molecule has 3 aromatic rings. The van der Waals surface area contributed by atoms with E-state index < -0.39 is 12.0 Å². The van der Waals surface area contributed by atoms with Gasteiger partial charge in [0.25, 0.3) is 0 Å². The first-order valence-corrected chi connectivity index (χ1v) is 9.60. The number of hydrogen-bond donors (Lipinski definition) is 2. The van der Waals surface area contributed by atoms with Crippen LogP contribution in [0.1, 0.15) is 17.3 Å². The number of rotatable bonds is 4. The monoisotopic (exact) mass is 429 g/mol. The Morgan fingerprint density at radius 3 is 2.52 bits per heavy atom. The van der Waals surface area contributed by atoms with Gasteiger partial charge >= 0.3 is 5.97 Å². The van der Waals surface area contributed by atoms with Gasteiger partial charge in [-0.1, -0.05) is 18.2 Å². The molecule has 1 aliphatic rings. The Kier molecular flexibility index (Phi) is 4.84. The van der Waals surface area contributed by atoms with Gasteiger partial charge in [-0.05, 0) is 28.9 Å². The molecule has 0 amide bonds. The summed E-state index contributed by atoms with van der Waals surface area (Å²) < 4.78 is 0.839. The number of aliphatic carboxylic acids is 1. The summed E-state index contributed by atoms with van der Waals surface area (Å²) in [7, 11) is 0. The molecule has 140 valence electrons. The summed E-state index contributed by atoms with van der Waals surface area (Å²) in [4.78, 5) is 28.3. The number of fused-ring (bicyclic) bond motifs is 1. The molecule has 27 heavy (non-hydrogen) atoms. The lowest BCUT2D eigenvalue weighted by molar-refractivity contribution is -0.143. The van der Waals surface area contributed by atoms with E-state index in [1.807, 2.05) is 36.1 Å². The van der Waals surface area contributed by atoms with Crippen LogP contribution in [-0.2, 0) is 4.79 Å². The minimum atomic E-state index is -0.823. The predicted molar refractivity (Wildman–Crippen MR) is 107 cm³/mol. The number of piperazine rings is 1. The van der Waals surface area contributed by atoms with Gasteiger partial charge in [0.05, 0.1) is 4.47 Å². The summed E-state index contributed by atoms with van der Waals surface area (Å²) in [6.07, 6.45) is 3.45. The molecule has 0 spiro atoms. The van der Waals surface area contributed by atoms with E-state index in [9.17, 15) is 9.90 Å². The summed E-state index contributed by atoms with van der Waals surface area (Å²) in [5, 5.41) is 11.0. The van der Waals surface area contributed by atoms with Crippen molar-refractivity contribution in [1.29, 1.82) is 0 Å². The van der Waals surface area contributed by atoms with Crippen molar-refractivity contribution < 1.29 is 9.90 Å². The number of carboxylic acid groups (broad SMARTS) is 1. The van der Waals surface area contributed by atoms with Gasteiger partial charge in [-0.3, -0.25) is 9.69 Å². The normalized spacial score (nSPS) is 16.6. The molecule has 8 heteroatoms. The van der Waals surface area contributed by atoms with Crippen LogP contribution in [0.15, 0.2) is 41.1 Å². The zero-order chi connectivity index (χ0) is 19.0. The van der Waals surface area contributed by atoms with E-state index in [2.05, 4.69) is 35.8 Å². The number of aromatic nitrogens is 3. The quantitative estimate of drug-likeness (QED) is 0.662. The molecular formula is C19H20BrN5O2. The number of aromatic amines is 1. The van der Waals surface area contributed by atoms with E-state index >= 15 is 0 Å². The number of nitrogens with one attached hydrogen (secondary N) is 1. The minimum Gasteiger partial charge on any atom is -0.480 e. The van der Waals surface area contributed by atoms with Crippen molar-refractivity contribution in [3.05, 3.63) is 52.4 Å². The molecule has 4 rings (SSSR count). The zero-order valence-corrected chi connectivity index (χ0v) is 16.5. The zero-order valence-electron chi connectivity index (χ0n) is 14.9. The third-order valence-corrected chi connectivity index (χ3v) is 5.43. The van der Waals surface area contributed by atoms with Crippen molar-refractivity contribution >= 4 is 38.8 Å². The number of benzene rings is 1. The van der Waals surface area contributed by atoms with Crippen LogP contribution in [0.3, 0.4) is 0 Å². The molecule has 1 aromatic carbocycles. The van der Waals surface area contributed by atoms with E-state index in [-0.39, 0.29) is 0 Å². The first kappa shape index (κ1) is 17.9. The Morgan fingerprint density at radius 1 is 1.19 bits per heavy atom. The Hall–Kier alpha value is -2.45. The Bertz CT molecular complexity index is 964. The van der Waals surface area contributed by atoms with Crippen LogP contribution in [0.5, 0.6) is 0 Å². The van der Waals surface area contributed by atoms with E-state index in [0.29, 0.717) is 32.1 Å². The van der Waals surface area contributed by atoms with Crippen LogP contribution >= 0.6 is 15.9 Å². The number of para-hydroxylation sites is 1. The molecule has 0 aliphatic carbocycles. The number of halogens is 1. The van der Waals surface area contributed by atoms with E-state index in [4.69, 9.17) is 0 Å². The lowest BCUT2D eigenvalue weighted by atomic mass is 10.0. The van der Waals surface area contributed by atoms with Gasteiger partial charge < -0.3 is 15.0 Å². The third kappa shape index (κ3) is 3.42. The van der Waals surface area contributed by atoms with Crippen molar-refractivity contribution in [2.75, 3.05) is 31.1 Å². The summed E-state index contributed by atoms with van der Waals surface area (Å²) >= 11 is 3.34. The molecule has 1 unspecified atom stereocenters. The molecule has 0 radical (unpaired) electrons. The highest BCUT2D eigenvalue weighted by Crippen LogP contribution is 2.32. The molecule has 0 saturated carbocycles. The lowest BCUT2D eigenvalue weighted by Gasteiger charge is -2.37. The topological polar surface area (TPSA) is 85.4 Å². The lowest BCUT2D eigenvalue weighted by Crippen LogP contribution is -2.49. The highest BCUT2D eigenvalue weighted by Gasteiger charge is 2.33. The molecule has 1 saturated heterocycles. The molecule has 2 N–H and O–H groups in total. The highest BCUT2D eigenvalue weighted by molar-refractivity contribution is 9.10. The molecule has 7 nitrogen and oxygen atoms in total. The summed E-state index contributed by atoms with van der Waals surface area (Å²) in [5.41, 5.74) is 2.73. The maximum atomic E-state index is 12.2. The SMILES string of the molecule is Cc1[nH]c2ccccc2c1C(C(=O)O)N1CCN(c2ncc(Br)cn2)CC1. The van der Waals surface area contributed by atoms with Crippen LogP contribution in [0.2, 0.25) is 0 Å². The van der Waals surface area contributed by atoms with Crippen molar-refractivity contribution in [1.82, 2.24) is 19.9 Å². The molecule has 2 aromatic heterocycles. The van der Waals surface area contributed by atoms with Crippen LogP contribution in [-0.4, -0.2) is 57.1 Å². The Labute approximate surface area is 165 Å². The van der Waals surface area contributed by atoms with Crippen LogP contribution < -0.4 is 4.90 Å². The molecular weight excluding hydrogens is 410 g/mol. The number of aryl methyl sites for hydroxylation is 1. The largest absolute Gasteiger partial charge is 0.480 e. The summed E-state index contributed by atoms with van der Waals surface area (Å²) in [6, 6.07) is 7.19. The van der Waals surface area contributed by atoms with Gasteiger partial charge in [0, 0.05) is 60.7 Å². The van der Waals surface area contributed by atoms with Gasteiger partial charge in [-0.15, -0.1) is 0 Å². The summed E-state index contributed by atoms with van der Waals surface area (Å²) in [5.74, 6) is -0.149. The van der Waals surface area contributed by atoms with Crippen molar-refractivity contribution in [3.63, 3.8) is 0 Å². The highest BCUT2D eigenvalue weighted by atomic mass is 79.9. The minimum absolute atomic E-state index is 0.634. The Morgan fingerprint density at radius 2 is 1.85 bits per heavy atom. The maximum absolute atomic E-state index is 12.2. The van der Waals surface area contributed by atoms with Crippen molar-refractivity contribution in [2.24, 2.45) is 0 Å². The molecule has 3 heterocycles. The van der Waals surface area contributed by atoms with Gasteiger partial charge in [-0.25, -0.2) is 9.97 Å². The molecule has 0 bridgehead atoms. The second-order valence-electron chi connectivity index (χ2n) is 6.67. The molecule has 1 aliphatic heterocycles. The number of H-pyrrole nitrogens is 1. The smallest absolute Gasteiger partial charge is 0.325 e. The van der Waals surface area contributed by atoms with Crippen LogP contribution in [0, 0.1) is 6.92 Å². The number of carbonyl (C=O) groups is 1. The van der Waals surface area contributed by atoms with Crippen molar-refractivity contribution in [2.45, 2.75) is 13.0 Å². The number of nitrogens with zero attached hydrogens (tertiary/aromatic N) is 4. The van der Waals surface area contributed by atoms with Crippen LogP contribution in [0.25, 0.3) is 10.9 Å². The van der Waals surface area contributed by atoms with Crippen molar-refractivity contribution in [3.8, 4) is 0 Å².